The Hall–Kier alpha value is -1.36. The van der Waals surface area contributed by atoms with Crippen LogP contribution in [0, 0.1) is 0 Å². The first-order valence-corrected chi connectivity index (χ1v) is 5.44. The van der Waals surface area contributed by atoms with Gasteiger partial charge in [-0.1, -0.05) is 6.08 Å². The first-order chi connectivity index (χ1) is 7.63. The van der Waals surface area contributed by atoms with Crippen molar-refractivity contribution in [2.45, 2.75) is 38.7 Å². The van der Waals surface area contributed by atoms with Gasteiger partial charge in [0, 0.05) is 13.0 Å². The number of hydrogen-bond acceptors (Lipinski definition) is 3. The molecule has 1 unspecified atom stereocenters. The van der Waals surface area contributed by atoms with E-state index in [0.29, 0.717) is 12.8 Å². The second kappa shape index (κ2) is 6.27. The fourth-order valence-electron chi connectivity index (χ4n) is 1.63. The molecule has 1 rings (SSSR count). The smallest absolute Gasteiger partial charge is 0.352 e. The maximum Gasteiger partial charge on any atom is 0.352 e. The van der Waals surface area contributed by atoms with Crippen LogP contribution in [0.15, 0.2) is 11.8 Å². The van der Waals surface area contributed by atoms with E-state index in [9.17, 15) is 9.59 Å². The summed E-state index contributed by atoms with van der Waals surface area (Å²) < 4.78 is 5.37. The molecule has 0 aromatic heterocycles. The van der Waals surface area contributed by atoms with Crippen molar-refractivity contribution in [3.8, 4) is 0 Å². The molecule has 5 nitrogen and oxygen atoms in total. The first-order valence-electron chi connectivity index (χ1n) is 5.44. The number of rotatable bonds is 5. The van der Waals surface area contributed by atoms with Crippen LogP contribution < -0.4 is 5.32 Å². The molecule has 5 heteroatoms. The minimum atomic E-state index is -1.12. The number of carboxylic acids is 1. The highest BCUT2D eigenvalue weighted by Crippen LogP contribution is 2.16. The summed E-state index contributed by atoms with van der Waals surface area (Å²) in [5, 5.41) is 11.1. The average molecular weight is 227 g/mol. The second-order valence-corrected chi connectivity index (χ2v) is 3.73. The van der Waals surface area contributed by atoms with Crippen LogP contribution in [-0.4, -0.2) is 29.7 Å². The molecule has 16 heavy (non-hydrogen) atoms. The summed E-state index contributed by atoms with van der Waals surface area (Å²) in [5.41, 5.74) is -0.0719. The third kappa shape index (κ3) is 4.02. The Morgan fingerprint density at radius 3 is 2.81 bits per heavy atom. The van der Waals surface area contributed by atoms with Gasteiger partial charge in [0.15, 0.2) is 0 Å². The monoisotopic (exact) mass is 227 g/mol. The molecule has 1 saturated heterocycles. The van der Waals surface area contributed by atoms with Crippen LogP contribution in [0.5, 0.6) is 0 Å². The lowest BCUT2D eigenvalue weighted by atomic mass is 10.1. The molecule has 0 aromatic rings. The van der Waals surface area contributed by atoms with Gasteiger partial charge in [0.25, 0.3) is 0 Å². The van der Waals surface area contributed by atoms with Crippen LogP contribution in [0.1, 0.15) is 32.6 Å². The van der Waals surface area contributed by atoms with Gasteiger partial charge in [-0.3, -0.25) is 4.79 Å². The zero-order valence-electron chi connectivity index (χ0n) is 9.36. The van der Waals surface area contributed by atoms with E-state index in [1.54, 1.807) is 6.92 Å². The predicted octanol–water partition coefficient (Wildman–Crippen LogP) is 1.05. The number of amides is 1. The summed E-state index contributed by atoms with van der Waals surface area (Å²) in [4.78, 5) is 22.0. The Morgan fingerprint density at radius 2 is 2.31 bits per heavy atom. The van der Waals surface area contributed by atoms with Gasteiger partial charge in [-0.15, -0.1) is 0 Å². The van der Waals surface area contributed by atoms with E-state index in [4.69, 9.17) is 9.84 Å². The number of allylic oxidation sites excluding steroid dienone is 1. The summed E-state index contributed by atoms with van der Waals surface area (Å²) in [6.45, 7) is 2.34. The number of aliphatic carboxylic acids is 1. The second-order valence-electron chi connectivity index (χ2n) is 3.73. The average Bonchev–Trinajstić information content (AvgIpc) is 2.75. The molecule has 0 spiro atoms. The van der Waals surface area contributed by atoms with Crippen molar-refractivity contribution in [1.82, 2.24) is 5.32 Å². The minimum absolute atomic E-state index is 0.0719. The third-order valence-electron chi connectivity index (χ3n) is 2.51. The summed E-state index contributed by atoms with van der Waals surface area (Å²) in [5.74, 6) is -1.39. The van der Waals surface area contributed by atoms with E-state index in [1.165, 1.54) is 6.08 Å². The fraction of sp³-hybridized carbons (Fsp3) is 0.636. The SMILES string of the molecule is CC=C(NC(=O)CCC1CCCO1)C(=O)O. The largest absolute Gasteiger partial charge is 0.477 e. The van der Waals surface area contributed by atoms with Crippen LogP contribution in [0.3, 0.4) is 0 Å². The molecule has 1 aliphatic rings. The van der Waals surface area contributed by atoms with E-state index < -0.39 is 5.97 Å². The van der Waals surface area contributed by atoms with Gasteiger partial charge in [-0.25, -0.2) is 4.79 Å². The highest BCUT2D eigenvalue weighted by molar-refractivity contribution is 5.92. The Labute approximate surface area is 94.5 Å². The van der Waals surface area contributed by atoms with Crippen molar-refractivity contribution in [2.24, 2.45) is 0 Å². The third-order valence-corrected chi connectivity index (χ3v) is 2.51. The molecule has 0 saturated carbocycles. The molecule has 1 amide bonds. The van der Waals surface area contributed by atoms with Crippen molar-refractivity contribution >= 4 is 11.9 Å². The van der Waals surface area contributed by atoms with Gasteiger partial charge in [0.1, 0.15) is 5.70 Å². The standard InChI is InChI=1S/C11H17NO4/c1-2-9(11(14)15)12-10(13)6-5-8-4-3-7-16-8/h2,8H,3-7H2,1H3,(H,12,13)(H,14,15). The van der Waals surface area contributed by atoms with Crippen molar-refractivity contribution in [1.29, 1.82) is 0 Å². The number of nitrogens with one attached hydrogen (secondary N) is 1. The number of ether oxygens (including phenoxy) is 1. The summed E-state index contributed by atoms with van der Waals surface area (Å²) in [6, 6.07) is 0. The molecule has 2 N–H and O–H groups in total. The Kier molecular flexibility index (Phi) is 4.98. The van der Waals surface area contributed by atoms with Gasteiger partial charge >= 0.3 is 5.97 Å². The van der Waals surface area contributed by atoms with Crippen LogP contribution in [0.4, 0.5) is 0 Å². The summed E-state index contributed by atoms with van der Waals surface area (Å²) in [6.07, 6.45) is 4.51. The Bertz CT molecular complexity index is 292. The highest BCUT2D eigenvalue weighted by atomic mass is 16.5. The fourth-order valence-corrected chi connectivity index (χ4v) is 1.63. The molecule has 90 valence electrons. The maximum atomic E-state index is 11.4. The molecule has 0 aliphatic carbocycles. The van der Waals surface area contributed by atoms with E-state index in [1.807, 2.05) is 0 Å². The molecular weight excluding hydrogens is 210 g/mol. The molecule has 1 atom stereocenters. The van der Waals surface area contributed by atoms with E-state index in [-0.39, 0.29) is 17.7 Å². The maximum absolute atomic E-state index is 11.4. The van der Waals surface area contributed by atoms with Gasteiger partial charge < -0.3 is 15.2 Å². The lowest BCUT2D eigenvalue weighted by Gasteiger charge is -2.09. The van der Waals surface area contributed by atoms with Crippen molar-refractivity contribution in [3.63, 3.8) is 0 Å². The molecule has 0 bridgehead atoms. The van der Waals surface area contributed by atoms with Crippen LogP contribution in [0.25, 0.3) is 0 Å². The highest BCUT2D eigenvalue weighted by Gasteiger charge is 2.17. The molecule has 1 fully saturated rings. The van der Waals surface area contributed by atoms with Gasteiger partial charge in [-0.2, -0.15) is 0 Å². The molecule has 0 radical (unpaired) electrons. The Morgan fingerprint density at radius 1 is 1.56 bits per heavy atom. The van der Waals surface area contributed by atoms with E-state index in [0.717, 1.165) is 19.4 Å². The lowest BCUT2D eigenvalue weighted by molar-refractivity contribution is -0.134. The van der Waals surface area contributed by atoms with Crippen molar-refractivity contribution < 1.29 is 19.4 Å². The Balaban J connectivity index is 2.27. The number of carbonyl (C=O) groups is 2. The topological polar surface area (TPSA) is 75.6 Å². The summed E-state index contributed by atoms with van der Waals surface area (Å²) in [7, 11) is 0. The van der Waals surface area contributed by atoms with E-state index in [2.05, 4.69) is 5.32 Å². The van der Waals surface area contributed by atoms with Crippen LogP contribution in [-0.2, 0) is 14.3 Å². The van der Waals surface area contributed by atoms with Crippen LogP contribution >= 0.6 is 0 Å². The van der Waals surface area contributed by atoms with E-state index >= 15 is 0 Å². The first kappa shape index (κ1) is 12.7. The molecule has 0 aromatic carbocycles. The lowest BCUT2D eigenvalue weighted by Crippen LogP contribution is -2.27. The van der Waals surface area contributed by atoms with Crippen molar-refractivity contribution in [3.05, 3.63) is 11.8 Å². The van der Waals surface area contributed by atoms with Gasteiger partial charge in [0.05, 0.1) is 6.10 Å². The van der Waals surface area contributed by atoms with Crippen LogP contribution in [0.2, 0.25) is 0 Å². The molecular formula is C11H17NO4. The zero-order chi connectivity index (χ0) is 12.0. The van der Waals surface area contributed by atoms with Crippen molar-refractivity contribution in [2.75, 3.05) is 6.61 Å². The van der Waals surface area contributed by atoms with Gasteiger partial charge in [0.2, 0.25) is 5.91 Å². The summed E-state index contributed by atoms with van der Waals surface area (Å²) >= 11 is 0. The number of hydrogen-bond donors (Lipinski definition) is 2. The predicted molar refractivity (Wildman–Crippen MR) is 57.7 cm³/mol. The quantitative estimate of drug-likeness (QED) is 0.688. The minimum Gasteiger partial charge on any atom is -0.477 e. The van der Waals surface area contributed by atoms with Gasteiger partial charge in [-0.05, 0) is 26.2 Å². The normalized spacial score (nSPS) is 20.8. The molecule has 1 aliphatic heterocycles. The number of carboxylic acid groups (broad SMARTS) is 1. The molecule has 1 heterocycles. The number of carbonyl (C=O) groups excluding carboxylic acids is 1. The zero-order valence-corrected chi connectivity index (χ0v) is 9.36.